The predicted octanol–water partition coefficient (Wildman–Crippen LogP) is 0.945. The maximum Gasteiger partial charge on any atom is 0.326 e. The Morgan fingerprint density at radius 2 is 2.10 bits per heavy atom. The number of carbonyl (C=O) groups excluding carboxylic acids is 1. The van der Waals surface area contributed by atoms with Gasteiger partial charge in [-0.2, -0.15) is 0 Å². The average Bonchev–Trinajstić information content (AvgIpc) is 2.62. The highest BCUT2D eigenvalue weighted by Crippen LogP contribution is 2.24. The van der Waals surface area contributed by atoms with Crippen LogP contribution in [-0.2, 0) is 9.53 Å². The molecular formula is C15H31N3O2. The molecule has 1 atom stereocenters. The normalized spacial score (nSPS) is 24.6. The summed E-state index contributed by atoms with van der Waals surface area (Å²) in [5, 5.41) is 3.48. The first-order valence-electron chi connectivity index (χ1n) is 7.74. The summed E-state index contributed by atoms with van der Waals surface area (Å²) in [6.45, 7) is 7.12. The zero-order valence-electron chi connectivity index (χ0n) is 13.6. The lowest BCUT2D eigenvalue weighted by molar-refractivity contribution is -0.149. The second-order valence-corrected chi connectivity index (χ2v) is 6.00. The second kappa shape index (κ2) is 8.60. The molecule has 1 fully saturated rings. The maximum absolute atomic E-state index is 12.3. The van der Waals surface area contributed by atoms with Crippen LogP contribution >= 0.6 is 0 Å². The van der Waals surface area contributed by atoms with Gasteiger partial charge in [-0.15, -0.1) is 0 Å². The molecule has 1 aliphatic rings. The van der Waals surface area contributed by atoms with E-state index in [4.69, 9.17) is 4.74 Å². The van der Waals surface area contributed by atoms with Gasteiger partial charge in [0.2, 0.25) is 0 Å². The van der Waals surface area contributed by atoms with Crippen LogP contribution in [0, 0.1) is 0 Å². The molecule has 5 heteroatoms. The topological polar surface area (TPSA) is 44.8 Å². The number of hydrogen-bond acceptors (Lipinski definition) is 5. The molecule has 1 saturated heterocycles. The third-order valence-electron chi connectivity index (χ3n) is 4.07. The minimum Gasteiger partial charge on any atom is -0.468 e. The van der Waals surface area contributed by atoms with Gasteiger partial charge in [-0.25, -0.2) is 0 Å². The molecule has 0 aromatic carbocycles. The van der Waals surface area contributed by atoms with Gasteiger partial charge in [0, 0.05) is 19.6 Å². The van der Waals surface area contributed by atoms with Crippen LogP contribution in [0.2, 0.25) is 0 Å². The van der Waals surface area contributed by atoms with Crippen molar-refractivity contribution in [3.8, 4) is 0 Å². The monoisotopic (exact) mass is 285 g/mol. The van der Waals surface area contributed by atoms with E-state index in [0.717, 1.165) is 52.0 Å². The van der Waals surface area contributed by atoms with Crippen LogP contribution in [0.3, 0.4) is 0 Å². The Morgan fingerprint density at radius 1 is 1.35 bits per heavy atom. The molecule has 1 N–H and O–H groups in total. The predicted molar refractivity (Wildman–Crippen MR) is 81.9 cm³/mol. The number of likely N-dealkylation sites (N-methyl/N-ethyl adjacent to an activating group) is 1. The van der Waals surface area contributed by atoms with Crippen LogP contribution in [-0.4, -0.2) is 75.2 Å². The summed E-state index contributed by atoms with van der Waals surface area (Å²) in [4.78, 5) is 16.8. The summed E-state index contributed by atoms with van der Waals surface area (Å²) < 4.78 is 5.07. The van der Waals surface area contributed by atoms with E-state index >= 15 is 0 Å². The van der Waals surface area contributed by atoms with E-state index in [1.165, 1.54) is 13.5 Å². The maximum atomic E-state index is 12.3. The smallest absolute Gasteiger partial charge is 0.326 e. The second-order valence-electron chi connectivity index (χ2n) is 6.00. The van der Waals surface area contributed by atoms with E-state index in [9.17, 15) is 4.79 Å². The van der Waals surface area contributed by atoms with Gasteiger partial charge in [0.15, 0.2) is 0 Å². The Bertz CT molecular complexity index is 297. The Kier molecular flexibility index (Phi) is 7.48. The van der Waals surface area contributed by atoms with Crippen molar-refractivity contribution in [3.63, 3.8) is 0 Å². The van der Waals surface area contributed by atoms with Crippen LogP contribution < -0.4 is 5.32 Å². The van der Waals surface area contributed by atoms with Gasteiger partial charge in [0.05, 0.1) is 7.11 Å². The van der Waals surface area contributed by atoms with Crippen molar-refractivity contribution < 1.29 is 9.53 Å². The molecule has 0 aliphatic carbocycles. The molecule has 118 valence electrons. The van der Waals surface area contributed by atoms with Crippen LogP contribution in [0.25, 0.3) is 0 Å². The number of nitrogens with zero attached hydrogens (tertiary/aromatic N) is 2. The van der Waals surface area contributed by atoms with Crippen molar-refractivity contribution in [2.24, 2.45) is 0 Å². The number of carbonyl (C=O) groups is 1. The fourth-order valence-electron chi connectivity index (χ4n) is 2.90. The van der Waals surface area contributed by atoms with Crippen LogP contribution in [0.15, 0.2) is 0 Å². The molecule has 0 aromatic heterocycles. The lowest BCUT2D eigenvalue weighted by Gasteiger charge is -2.31. The average molecular weight is 285 g/mol. The lowest BCUT2D eigenvalue weighted by Crippen LogP contribution is -2.54. The van der Waals surface area contributed by atoms with Gasteiger partial charge >= 0.3 is 5.97 Å². The van der Waals surface area contributed by atoms with E-state index in [1.54, 1.807) is 0 Å². The van der Waals surface area contributed by atoms with E-state index in [-0.39, 0.29) is 5.97 Å². The van der Waals surface area contributed by atoms with Crippen molar-refractivity contribution in [3.05, 3.63) is 0 Å². The van der Waals surface area contributed by atoms with Gasteiger partial charge in [0.25, 0.3) is 0 Å². The Balaban J connectivity index is 2.65. The quantitative estimate of drug-likeness (QED) is 0.706. The van der Waals surface area contributed by atoms with Crippen molar-refractivity contribution >= 4 is 5.97 Å². The highest BCUT2D eigenvalue weighted by Gasteiger charge is 2.40. The van der Waals surface area contributed by atoms with Crippen molar-refractivity contribution in [2.75, 3.05) is 53.9 Å². The highest BCUT2D eigenvalue weighted by atomic mass is 16.5. The number of likely N-dealkylation sites (tertiary alicyclic amines) is 1. The number of ether oxygens (including phenoxy) is 1. The standard InChI is InChI=1S/C15H31N3O2/c1-5-10-18-11-6-7-15(8-12-18,14(19)20-4)16-9-13-17(2)3/h16H,5-13H2,1-4H3. The number of esters is 1. The van der Waals surface area contributed by atoms with Gasteiger partial charge in [-0.05, 0) is 52.9 Å². The van der Waals surface area contributed by atoms with E-state index in [0.29, 0.717) is 0 Å². The van der Waals surface area contributed by atoms with Crippen molar-refractivity contribution in [2.45, 2.75) is 38.1 Å². The largest absolute Gasteiger partial charge is 0.468 e. The fraction of sp³-hybridized carbons (Fsp3) is 0.933. The first kappa shape index (κ1) is 17.4. The minimum atomic E-state index is -0.493. The van der Waals surface area contributed by atoms with E-state index in [1.807, 2.05) is 14.1 Å². The number of hydrogen-bond donors (Lipinski definition) is 1. The summed E-state index contributed by atoms with van der Waals surface area (Å²) in [7, 11) is 5.58. The Morgan fingerprint density at radius 3 is 2.70 bits per heavy atom. The molecule has 0 spiro atoms. The summed E-state index contributed by atoms with van der Waals surface area (Å²) in [6.07, 6.45) is 3.92. The van der Waals surface area contributed by atoms with Gasteiger partial charge in [-0.1, -0.05) is 6.92 Å². The van der Waals surface area contributed by atoms with Crippen molar-refractivity contribution in [1.29, 1.82) is 0 Å². The molecule has 0 bridgehead atoms. The number of rotatable bonds is 7. The molecule has 5 nitrogen and oxygen atoms in total. The SMILES string of the molecule is CCCN1CCCC(NCCN(C)C)(C(=O)OC)CC1. The number of methoxy groups -OCH3 is 1. The van der Waals surface area contributed by atoms with E-state index < -0.39 is 5.54 Å². The molecule has 1 heterocycles. The third-order valence-corrected chi connectivity index (χ3v) is 4.07. The first-order valence-corrected chi connectivity index (χ1v) is 7.74. The molecule has 0 radical (unpaired) electrons. The zero-order chi connectivity index (χ0) is 15.0. The highest BCUT2D eigenvalue weighted by molar-refractivity contribution is 5.80. The van der Waals surface area contributed by atoms with Crippen LogP contribution in [0.1, 0.15) is 32.6 Å². The molecule has 0 saturated carbocycles. The summed E-state index contributed by atoms with van der Waals surface area (Å²) in [6, 6.07) is 0. The molecule has 0 amide bonds. The van der Waals surface area contributed by atoms with Crippen LogP contribution in [0.5, 0.6) is 0 Å². The zero-order valence-corrected chi connectivity index (χ0v) is 13.6. The van der Waals surface area contributed by atoms with Gasteiger partial charge in [-0.3, -0.25) is 4.79 Å². The molecule has 1 aliphatic heterocycles. The molecule has 1 rings (SSSR count). The number of nitrogens with one attached hydrogen (secondary N) is 1. The summed E-state index contributed by atoms with van der Waals surface area (Å²) >= 11 is 0. The molecule has 20 heavy (non-hydrogen) atoms. The molecular weight excluding hydrogens is 254 g/mol. The fourth-order valence-corrected chi connectivity index (χ4v) is 2.90. The van der Waals surface area contributed by atoms with Crippen LogP contribution in [0.4, 0.5) is 0 Å². The Labute approximate surface area is 123 Å². The van der Waals surface area contributed by atoms with Gasteiger partial charge in [0.1, 0.15) is 5.54 Å². The minimum absolute atomic E-state index is 0.102. The first-order chi connectivity index (χ1) is 9.54. The summed E-state index contributed by atoms with van der Waals surface area (Å²) in [5.41, 5.74) is -0.493. The Hall–Kier alpha value is -0.650. The van der Waals surface area contributed by atoms with Crippen molar-refractivity contribution in [1.82, 2.24) is 15.1 Å². The lowest BCUT2D eigenvalue weighted by atomic mass is 9.90. The molecule has 1 unspecified atom stereocenters. The third kappa shape index (κ3) is 5.04. The van der Waals surface area contributed by atoms with E-state index in [2.05, 4.69) is 22.0 Å². The summed E-state index contributed by atoms with van der Waals surface area (Å²) in [5.74, 6) is -0.102. The molecule has 0 aromatic rings. The van der Waals surface area contributed by atoms with Gasteiger partial charge < -0.3 is 19.9 Å².